The fourth-order valence-corrected chi connectivity index (χ4v) is 1.33. The highest BCUT2D eigenvalue weighted by Gasteiger charge is 2.11. The van der Waals surface area contributed by atoms with Gasteiger partial charge in [-0.3, -0.25) is 4.79 Å². The van der Waals surface area contributed by atoms with E-state index in [9.17, 15) is 4.79 Å². The zero-order chi connectivity index (χ0) is 13.1. The first-order chi connectivity index (χ1) is 8.56. The number of rotatable bonds is 4. The first kappa shape index (κ1) is 11.8. The first-order valence-corrected chi connectivity index (χ1v) is 5.07. The van der Waals surface area contributed by atoms with Gasteiger partial charge in [0, 0.05) is 19.4 Å². The van der Waals surface area contributed by atoms with Crippen LogP contribution in [0.25, 0.3) is 5.95 Å². The summed E-state index contributed by atoms with van der Waals surface area (Å²) in [4.78, 5) is 24.3. The SMILES string of the molecule is CN(CC(N)=O)c1nc(N)nc(-n2cccn2)n1. The number of amides is 1. The van der Waals surface area contributed by atoms with Crippen molar-refractivity contribution in [2.45, 2.75) is 0 Å². The van der Waals surface area contributed by atoms with Crippen molar-refractivity contribution in [3.63, 3.8) is 0 Å². The maximum Gasteiger partial charge on any atom is 0.257 e. The maximum absolute atomic E-state index is 10.8. The van der Waals surface area contributed by atoms with Crippen LogP contribution in [-0.4, -0.2) is 44.2 Å². The van der Waals surface area contributed by atoms with Gasteiger partial charge in [0.25, 0.3) is 5.95 Å². The highest BCUT2D eigenvalue weighted by atomic mass is 16.1. The van der Waals surface area contributed by atoms with Crippen molar-refractivity contribution in [2.24, 2.45) is 5.73 Å². The molecule has 0 aromatic carbocycles. The molecular formula is C9H12N8O. The van der Waals surface area contributed by atoms with Gasteiger partial charge in [-0.15, -0.1) is 0 Å². The molecule has 2 aromatic rings. The van der Waals surface area contributed by atoms with Crippen LogP contribution in [0.1, 0.15) is 0 Å². The summed E-state index contributed by atoms with van der Waals surface area (Å²) in [5.74, 6) is 0.0876. The summed E-state index contributed by atoms with van der Waals surface area (Å²) in [7, 11) is 1.63. The van der Waals surface area contributed by atoms with Crippen molar-refractivity contribution >= 4 is 17.8 Å². The molecule has 2 rings (SSSR count). The monoisotopic (exact) mass is 248 g/mol. The van der Waals surface area contributed by atoms with E-state index in [-0.39, 0.29) is 24.4 Å². The molecule has 94 valence electrons. The molecule has 0 saturated heterocycles. The molecule has 0 fully saturated rings. The van der Waals surface area contributed by atoms with Crippen molar-refractivity contribution in [1.29, 1.82) is 0 Å². The van der Waals surface area contributed by atoms with Crippen molar-refractivity contribution in [2.75, 3.05) is 24.2 Å². The highest BCUT2D eigenvalue weighted by molar-refractivity contribution is 5.78. The molecule has 0 aliphatic carbocycles. The topological polar surface area (TPSA) is 129 Å². The Morgan fingerprint density at radius 1 is 1.44 bits per heavy atom. The lowest BCUT2D eigenvalue weighted by Gasteiger charge is -2.15. The molecule has 4 N–H and O–H groups in total. The molecule has 2 aromatic heterocycles. The van der Waals surface area contributed by atoms with Crippen LogP contribution in [0.3, 0.4) is 0 Å². The van der Waals surface area contributed by atoms with E-state index < -0.39 is 5.91 Å². The van der Waals surface area contributed by atoms with E-state index in [0.717, 1.165) is 0 Å². The highest BCUT2D eigenvalue weighted by Crippen LogP contribution is 2.09. The minimum absolute atomic E-state index is 0.0119. The van der Waals surface area contributed by atoms with Crippen molar-refractivity contribution < 1.29 is 4.79 Å². The Bertz CT molecular complexity index is 552. The van der Waals surface area contributed by atoms with E-state index in [1.807, 2.05) is 0 Å². The predicted octanol–water partition coefficient (Wildman–Crippen LogP) is -1.44. The number of aromatic nitrogens is 5. The van der Waals surface area contributed by atoms with Crippen molar-refractivity contribution in [3.8, 4) is 5.95 Å². The van der Waals surface area contributed by atoms with Gasteiger partial charge in [0.1, 0.15) is 0 Å². The number of hydrogen-bond acceptors (Lipinski definition) is 7. The van der Waals surface area contributed by atoms with Gasteiger partial charge in [0.15, 0.2) is 0 Å². The molecule has 18 heavy (non-hydrogen) atoms. The number of carbonyl (C=O) groups excluding carboxylic acids is 1. The molecular weight excluding hydrogens is 236 g/mol. The zero-order valence-corrected chi connectivity index (χ0v) is 9.69. The van der Waals surface area contributed by atoms with Gasteiger partial charge >= 0.3 is 0 Å². The number of nitrogen functional groups attached to an aromatic ring is 1. The normalized spacial score (nSPS) is 10.3. The van der Waals surface area contributed by atoms with Gasteiger partial charge in [0.2, 0.25) is 17.8 Å². The molecule has 0 atom stereocenters. The Balaban J connectivity index is 2.35. The average molecular weight is 248 g/mol. The van der Waals surface area contributed by atoms with E-state index in [4.69, 9.17) is 11.5 Å². The Hall–Kier alpha value is -2.71. The Morgan fingerprint density at radius 2 is 2.22 bits per heavy atom. The lowest BCUT2D eigenvalue weighted by molar-refractivity contribution is -0.116. The summed E-state index contributed by atoms with van der Waals surface area (Å²) in [6.07, 6.45) is 3.26. The molecule has 0 bridgehead atoms. The lowest BCUT2D eigenvalue weighted by Crippen LogP contribution is -2.32. The largest absolute Gasteiger partial charge is 0.368 e. The smallest absolute Gasteiger partial charge is 0.257 e. The Morgan fingerprint density at radius 3 is 2.83 bits per heavy atom. The quantitative estimate of drug-likeness (QED) is 0.677. The average Bonchev–Trinajstić information content (AvgIpc) is 2.80. The van der Waals surface area contributed by atoms with E-state index in [1.54, 1.807) is 25.5 Å². The zero-order valence-electron chi connectivity index (χ0n) is 9.69. The molecule has 0 unspecified atom stereocenters. The van der Waals surface area contributed by atoms with Crippen LogP contribution >= 0.6 is 0 Å². The van der Waals surface area contributed by atoms with Gasteiger partial charge in [-0.05, 0) is 6.07 Å². The van der Waals surface area contributed by atoms with Gasteiger partial charge in [-0.25, -0.2) is 4.68 Å². The maximum atomic E-state index is 10.8. The molecule has 0 aliphatic rings. The van der Waals surface area contributed by atoms with Crippen LogP contribution in [0.5, 0.6) is 0 Å². The number of likely N-dealkylation sites (N-methyl/N-ethyl adjacent to an activating group) is 1. The van der Waals surface area contributed by atoms with Crippen molar-refractivity contribution in [1.82, 2.24) is 24.7 Å². The second-order valence-corrected chi connectivity index (χ2v) is 3.57. The van der Waals surface area contributed by atoms with Crippen molar-refractivity contribution in [3.05, 3.63) is 18.5 Å². The predicted molar refractivity (Wildman–Crippen MR) is 63.8 cm³/mol. The summed E-state index contributed by atoms with van der Waals surface area (Å²) >= 11 is 0. The fourth-order valence-electron chi connectivity index (χ4n) is 1.33. The Labute approximate surface area is 102 Å². The van der Waals surface area contributed by atoms with Gasteiger partial charge in [0.05, 0.1) is 6.54 Å². The molecule has 9 heteroatoms. The van der Waals surface area contributed by atoms with E-state index in [2.05, 4.69) is 20.1 Å². The van der Waals surface area contributed by atoms with E-state index in [1.165, 1.54) is 9.58 Å². The molecule has 0 spiro atoms. The summed E-state index contributed by atoms with van der Waals surface area (Å²) in [6, 6.07) is 1.73. The fraction of sp³-hybridized carbons (Fsp3) is 0.222. The first-order valence-electron chi connectivity index (χ1n) is 5.07. The minimum atomic E-state index is -0.489. The van der Waals surface area contributed by atoms with Gasteiger partial charge in [-0.2, -0.15) is 20.1 Å². The number of primary amides is 1. The minimum Gasteiger partial charge on any atom is -0.368 e. The molecule has 0 saturated carbocycles. The third kappa shape index (κ3) is 2.51. The summed E-state index contributed by atoms with van der Waals surface area (Å²) in [6.45, 7) is -0.0119. The molecule has 2 heterocycles. The van der Waals surface area contributed by atoms with E-state index >= 15 is 0 Å². The summed E-state index contributed by atoms with van der Waals surface area (Å²) in [5.41, 5.74) is 10.7. The van der Waals surface area contributed by atoms with Gasteiger partial charge < -0.3 is 16.4 Å². The third-order valence-corrected chi connectivity index (χ3v) is 2.07. The number of carbonyl (C=O) groups is 1. The number of nitrogens with two attached hydrogens (primary N) is 2. The van der Waals surface area contributed by atoms with Gasteiger partial charge in [-0.1, -0.05) is 0 Å². The standard InChI is InChI=1S/C9H12N8O/c1-16(5-6(10)18)8-13-7(11)14-9(15-8)17-4-2-3-12-17/h2-4H,5H2,1H3,(H2,10,18)(H2,11,13,14,15). The summed E-state index contributed by atoms with van der Waals surface area (Å²) in [5, 5.41) is 3.99. The van der Waals surface area contributed by atoms with Crippen LogP contribution in [0.15, 0.2) is 18.5 Å². The van der Waals surface area contributed by atoms with Crippen LogP contribution in [0.2, 0.25) is 0 Å². The van der Waals surface area contributed by atoms with Crippen LogP contribution in [0.4, 0.5) is 11.9 Å². The van der Waals surface area contributed by atoms with Crippen LogP contribution in [0, 0.1) is 0 Å². The van der Waals surface area contributed by atoms with Crippen LogP contribution in [-0.2, 0) is 4.79 Å². The lowest BCUT2D eigenvalue weighted by atomic mass is 10.5. The molecule has 1 amide bonds. The second-order valence-electron chi connectivity index (χ2n) is 3.57. The Kier molecular flexibility index (Phi) is 3.04. The third-order valence-electron chi connectivity index (χ3n) is 2.07. The molecule has 9 nitrogen and oxygen atoms in total. The molecule has 0 radical (unpaired) electrons. The number of nitrogens with zero attached hydrogens (tertiary/aromatic N) is 6. The second kappa shape index (κ2) is 4.65. The summed E-state index contributed by atoms with van der Waals surface area (Å²) < 4.78 is 1.44. The van der Waals surface area contributed by atoms with Crippen LogP contribution < -0.4 is 16.4 Å². The number of hydrogen-bond donors (Lipinski definition) is 2. The van der Waals surface area contributed by atoms with E-state index in [0.29, 0.717) is 0 Å². The molecule has 0 aliphatic heterocycles. The number of anilines is 2.